The van der Waals surface area contributed by atoms with Crippen molar-refractivity contribution in [1.82, 2.24) is 0 Å². The van der Waals surface area contributed by atoms with Crippen molar-refractivity contribution in [3.8, 4) is 0 Å². The summed E-state index contributed by atoms with van der Waals surface area (Å²) in [6, 6.07) is 8.56. The monoisotopic (exact) mass is 318 g/mol. The summed E-state index contributed by atoms with van der Waals surface area (Å²) in [6.07, 6.45) is 0. The number of thiophene rings is 1. The highest BCUT2D eigenvalue weighted by molar-refractivity contribution is 9.11. The second-order valence-corrected chi connectivity index (χ2v) is 6.52. The van der Waals surface area contributed by atoms with Gasteiger partial charge in [-0.1, -0.05) is 18.2 Å². The molecule has 0 radical (unpaired) electrons. The molecule has 0 amide bonds. The Morgan fingerprint density at radius 2 is 2.00 bits per heavy atom. The molecule has 2 rings (SSSR count). The molecular weight excluding hydrogens is 311 g/mol. The Morgan fingerprint density at radius 3 is 2.56 bits per heavy atom. The quantitative estimate of drug-likeness (QED) is 0.660. The van der Waals surface area contributed by atoms with Crippen LogP contribution in [0.1, 0.15) is 21.4 Å². The molecule has 0 aliphatic carbocycles. The van der Waals surface area contributed by atoms with Gasteiger partial charge in [0.25, 0.3) is 0 Å². The Hall–Kier alpha value is -0.380. The van der Waals surface area contributed by atoms with Gasteiger partial charge in [-0.3, -0.25) is 0 Å². The van der Waals surface area contributed by atoms with Gasteiger partial charge in [-0.15, -0.1) is 22.9 Å². The van der Waals surface area contributed by atoms with E-state index in [0.29, 0.717) is 5.56 Å². The van der Waals surface area contributed by atoms with Crippen molar-refractivity contribution in [2.45, 2.75) is 12.3 Å². The van der Waals surface area contributed by atoms with Crippen LogP contribution in [-0.2, 0) is 0 Å². The summed E-state index contributed by atoms with van der Waals surface area (Å²) in [4.78, 5) is 1.11. The molecule has 1 atom stereocenters. The van der Waals surface area contributed by atoms with Crippen LogP contribution in [-0.4, -0.2) is 0 Å². The van der Waals surface area contributed by atoms with E-state index < -0.39 is 5.38 Å². The molecule has 1 heterocycles. The number of alkyl halides is 1. The topological polar surface area (TPSA) is 0 Å². The molecule has 1 unspecified atom stereocenters. The molecule has 0 spiro atoms. The highest BCUT2D eigenvalue weighted by Gasteiger charge is 2.18. The van der Waals surface area contributed by atoms with Crippen molar-refractivity contribution in [3.63, 3.8) is 0 Å². The van der Waals surface area contributed by atoms with Crippen molar-refractivity contribution in [2.75, 3.05) is 0 Å². The maximum atomic E-state index is 13.6. The normalized spacial score (nSPS) is 12.8. The van der Waals surface area contributed by atoms with Crippen LogP contribution >= 0.6 is 38.9 Å². The minimum absolute atomic E-state index is 0.260. The van der Waals surface area contributed by atoms with E-state index >= 15 is 0 Å². The SMILES string of the molecule is Cc1sc(Br)cc1C(Cl)c1ccccc1F. The van der Waals surface area contributed by atoms with Gasteiger partial charge < -0.3 is 0 Å². The van der Waals surface area contributed by atoms with Crippen molar-refractivity contribution in [1.29, 1.82) is 0 Å². The Bertz CT molecular complexity index is 509. The van der Waals surface area contributed by atoms with Crippen molar-refractivity contribution in [3.05, 3.63) is 55.9 Å². The van der Waals surface area contributed by atoms with Crippen LogP contribution in [0.5, 0.6) is 0 Å². The largest absolute Gasteiger partial charge is 0.207 e. The molecule has 0 saturated heterocycles. The Kier molecular flexibility index (Phi) is 3.67. The summed E-state index contributed by atoms with van der Waals surface area (Å²) in [6.45, 7) is 1.99. The van der Waals surface area contributed by atoms with Crippen LogP contribution in [0, 0.1) is 12.7 Å². The molecule has 0 aliphatic heterocycles. The van der Waals surface area contributed by atoms with Gasteiger partial charge >= 0.3 is 0 Å². The first-order chi connectivity index (χ1) is 7.59. The number of benzene rings is 1. The zero-order valence-electron chi connectivity index (χ0n) is 8.51. The molecule has 84 valence electrons. The molecule has 16 heavy (non-hydrogen) atoms. The lowest BCUT2D eigenvalue weighted by atomic mass is 10.1. The lowest BCUT2D eigenvalue weighted by molar-refractivity contribution is 0.612. The van der Waals surface area contributed by atoms with Gasteiger partial charge in [-0.2, -0.15) is 0 Å². The van der Waals surface area contributed by atoms with E-state index in [2.05, 4.69) is 15.9 Å². The van der Waals surface area contributed by atoms with E-state index in [1.54, 1.807) is 29.5 Å². The third-order valence-electron chi connectivity index (χ3n) is 2.38. The molecule has 1 aromatic heterocycles. The summed E-state index contributed by atoms with van der Waals surface area (Å²) in [5, 5.41) is -0.427. The van der Waals surface area contributed by atoms with Gasteiger partial charge in [0, 0.05) is 10.4 Å². The summed E-state index contributed by atoms with van der Waals surface area (Å²) >= 11 is 11.3. The summed E-state index contributed by atoms with van der Waals surface area (Å²) in [5.74, 6) is -0.260. The molecular formula is C12H9BrClFS. The van der Waals surface area contributed by atoms with Gasteiger partial charge in [-0.05, 0) is 40.5 Å². The third kappa shape index (κ3) is 2.31. The van der Waals surface area contributed by atoms with E-state index in [9.17, 15) is 4.39 Å². The zero-order valence-corrected chi connectivity index (χ0v) is 11.7. The second-order valence-electron chi connectivity index (χ2n) is 3.45. The number of hydrogen-bond acceptors (Lipinski definition) is 1. The van der Waals surface area contributed by atoms with Crippen LogP contribution in [0.15, 0.2) is 34.1 Å². The minimum Gasteiger partial charge on any atom is -0.207 e. The first kappa shape index (κ1) is 12.1. The van der Waals surface area contributed by atoms with E-state index in [-0.39, 0.29) is 5.82 Å². The Labute approximate surface area is 111 Å². The lowest BCUT2D eigenvalue weighted by Crippen LogP contribution is -1.96. The standard InChI is InChI=1S/C12H9BrClFS/c1-7-9(6-11(13)16-7)12(14)8-4-2-3-5-10(8)15/h2-6,12H,1H3. The number of aryl methyl sites for hydroxylation is 1. The molecule has 0 fully saturated rings. The third-order valence-corrected chi connectivity index (χ3v) is 4.42. The van der Waals surface area contributed by atoms with Crippen LogP contribution in [0.2, 0.25) is 0 Å². The second kappa shape index (κ2) is 4.86. The fourth-order valence-corrected chi connectivity index (χ4v) is 3.77. The maximum absolute atomic E-state index is 13.6. The highest BCUT2D eigenvalue weighted by Crippen LogP contribution is 2.37. The van der Waals surface area contributed by atoms with Gasteiger partial charge in [-0.25, -0.2) is 4.39 Å². The van der Waals surface area contributed by atoms with Crippen molar-refractivity contribution in [2.24, 2.45) is 0 Å². The van der Waals surface area contributed by atoms with Crippen molar-refractivity contribution < 1.29 is 4.39 Å². The zero-order chi connectivity index (χ0) is 11.7. The van der Waals surface area contributed by atoms with E-state index in [4.69, 9.17) is 11.6 Å². The van der Waals surface area contributed by atoms with E-state index in [1.165, 1.54) is 6.07 Å². The van der Waals surface area contributed by atoms with Crippen LogP contribution < -0.4 is 0 Å². The number of rotatable bonds is 2. The molecule has 0 saturated carbocycles. The Morgan fingerprint density at radius 1 is 1.31 bits per heavy atom. The van der Waals surface area contributed by atoms with Gasteiger partial charge in [0.15, 0.2) is 0 Å². The molecule has 1 aromatic carbocycles. The first-order valence-corrected chi connectivity index (χ1v) is 6.78. The molecule has 0 aliphatic rings. The predicted octanol–water partition coefficient (Wildman–Crippen LogP) is 5.29. The average Bonchev–Trinajstić information content (AvgIpc) is 2.58. The van der Waals surface area contributed by atoms with E-state index in [1.807, 2.05) is 13.0 Å². The number of hydrogen-bond donors (Lipinski definition) is 0. The summed E-state index contributed by atoms with van der Waals surface area (Å²) in [7, 11) is 0. The van der Waals surface area contributed by atoms with Crippen LogP contribution in [0.25, 0.3) is 0 Å². The van der Waals surface area contributed by atoms with Gasteiger partial charge in [0.1, 0.15) is 5.82 Å². The molecule has 4 heteroatoms. The predicted molar refractivity (Wildman–Crippen MR) is 70.9 cm³/mol. The highest BCUT2D eigenvalue weighted by atomic mass is 79.9. The maximum Gasteiger partial charge on any atom is 0.128 e. The lowest BCUT2D eigenvalue weighted by Gasteiger charge is -2.10. The van der Waals surface area contributed by atoms with Crippen LogP contribution in [0.3, 0.4) is 0 Å². The van der Waals surface area contributed by atoms with E-state index in [0.717, 1.165) is 14.2 Å². The molecule has 0 bridgehead atoms. The molecule has 2 aromatic rings. The molecule has 0 N–H and O–H groups in total. The first-order valence-electron chi connectivity index (χ1n) is 4.74. The number of halogens is 3. The minimum atomic E-state index is -0.427. The average molecular weight is 320 g/mol. The smallest absolute Gasteiger partial charge is 0.128 e. The van der Waals surface area contributed by atoms with Gasteiger partial charge in [0.05, 0.1) is 9.16 Å². The Balaban J connectivity index is 2.43. The fourth-order valence-electron chi connectivity index (χ4n) is 1.56. The van der Waals surface area contributed by atoms with Crippen molar-refractivity contribution >= 4 is 38.9 Å². The summed E-state index contributed by atoms with van der Waals surface area (Å²) < 4.78 is 14.6. The van der Waals surface area contributed by atoms with Gasteiger partial charge in [0.2, 0.25) is 0 Å². The summed E-state index contributed by atoms with van der Waals surface area (Å²) in [5.41, 5.74) is 1.49. The molecule has 0 nitrogen and oxygen atoms in total. The fraction of sp³-hybridized carbons (Fsp3) is 0.167. The van der Waals surface area contributed by atoms with Crippen LogP contribution in [0.4, 0.5) is 4.39 Å².